The Labute approximate surface area is 95.4 Å². The van der Waals surface area contributed by atoms with Gasteiger partial charge in [0, 0.05) is 31.5 Å². The average molecular weight is 230 g/mol. The van der Waals surface area contributed by atoms with E-state index in [2.05, 4.69) is 15.4 Å². The fraction of sp³-hybridized carbons (Fsp3) is 0.900. The fourth-order valence-corrected chi connectivity index (χ4v) is 4.02. The summed E-state index contributed by atoms with van der Waals surface area (Å²) in [5.41, 5.74) is -0.118. The monoisotopic (exact) mass is 229 g/mol. The quantitative estimate of drug-likeness (QED) is 0.663. The van der Waals surface area contributed by atoms with Gasteiger partial charge in [-0.1, -0.05) is 5.16 Å². The summed E-state index contributed by atoms with van der Waals surface area (Å²) in [7, 11) is 0. The highest BCUT2D eigenvalue weighted by Crippen LogP contribution is 2.50. The highest BCUT2D eigenvalue weighted by Gasteiger charge is 2.60. The molecule has 4 aliphatic heterocycles. The second-order valence-corrected chi connectivity index (χ2v) is 5.21. The molecule has 4 fully saturated rings. The van der Waals surface area contributed by atoms with Crippen LogP contribution < -0.4 is 5.32 Å². The third-order valence-electron chi connectivity index (χ3n) is 4.47. The molecule has 0 radical (unpaired) electrons. The maximum Gasteiger partial charge on any atom is 0.216 e. The molecule has 1 aliphatic carbocycles. The Balaban J connectivity index is 0.000000722. The van der Waals surface area contributed by atoms with Gasteiger partial charge < -0.3 is 15.1 Å². The Kier molecular flexibility index (Phi) is 1.95. The first-order valence-corrected chi connectivity index (χ1v) is 5.57. The molecule has 84 valence electrons. The molecule has 4 nitrogen and oxygen atoms in total. The van der Waals surface area contributed by atoms with Crippen molar-refractivity contribution in [2.75, 3.05) is 19.6 Å². The summed E-state index contributed by atoms with van der Waals surface area (Å²) >= 11 is 0. The van der Waals surface area contributed by atoms with Crippen molar-refractivity contribution in [1.82, 2.24) is 10.2 Å². The lowest BCUT2D eigenvalue weighted by molar-refractivity contribution is -0.208. The molecule has 4 heterocycles. The van der Waals surface area contributed by atoms with Gasteiger partial charge in [0.05, 0.1) is 0 Å². The number of piperidine rings is 3. The maximum atomic E-state index is 5.65. The third-order valence-corrected chi connectivity index (χ3v) is 4.47. The number of hydrogen-bond donors (Lipinski definition) is 1. The Bertz CT molecular complexity index is 269. The van der Waals surface area contributed by atoms with Crippen molar-refractivity contribution >= 4 is 18.7 Å². The minimum atomic E-state index is -0.118. The van der Waals surface area contributed by atoms with Crippen LogP contribution in [0.3, 0.4) is 0 Å². The summed E-state index contributed by atoms with van der Waals surface area (Å²) in [5, 5.41) is 7.30. The Hall–Kier alpha value is -0.480. The molecule has 0 amide bonds. The van der Waals surface area contributed by atoms with Crippen LogP contribution in [0.1, 0.15) is 12.8 Å². The molecule has 0 aromatic rings. The van der Waals surface area contributed by atoms with Gasteiger partial charge >= 0.3 is 0 Å². The van der Waals surface area contributed by atoms with Crippen LogP contribution in [0.5, 0.6) is 0 Å². The maximum absolute atomic E-state index is 5.65. The van der Waals surface area contributed by atoms with Crippen LogP contribution in [-0.4, -0.2) is 36.6 Å². The topological polar surface area (TPSA) is 36.9 Å². The molecule has 5 rings (SSSR count). The highest BCUT2D eigenvalue weighted by molar-refractivity contribution is 5.85. The summed E-state index contributed by atoms with van der Waals surface area (Å²) in [6.07, 6.45) is 4.38. The van der Waals surface area contributed by atoms with Gasteiger partial charge in [0.15, 0.2) is 0 Å². The van der Waals surface area contributed by atoms with Crippen molar-refractivity contribution in [3.05, 3.63) is 0 Å². The molecule has 5 aliphatic rings. The molecule has 0 aromatic heterocycles. The lowest BCUT2D eigenvalue weighted by Gasteiger charge is -2.58. The molecule has 1 saturated carbocycles. The number of nitrogens with one attached hydrogen (secondary N) is 1. The molecule has 5 heteroatoms. The van der Waals surface area contributed by atoms with Gasteiger partial charge in [-0.3, -0.25) is 0 Å². The smallest absolute Gasteiger partial charge is 0.216 e. The van der Waals surface area contributed by atoms with E-state index in [9.17, 15) is 0 Å². The molecular formula is C10H16ClN3O. The number of hydrogen-bond acceptors (Lipinski definition) is 4. The summed E-state index contributed by atoms with van der Waals surface area (Å²) < 4.78 is 0. The second-order valence-electron chi connectivity index (χ2n) is 5.21. The zero-order chi connectivity index (χ0) is 9.17. The van der Waals surface area contributed by atoms with Crippen molar-refractivity contribution in [3.63, 3.8) is 0 Å². The van der Waals surface area contributed by atoms with Gasteiger partial charge in [0.25, 0.3) is 0 Å². The third kappa shape index (κ3) is 1.09. The van der Waals surface area contributed by atoms with Crippen molar-refractivity contribution in [2.45, 2.75) is 18.6 Å². The van der Waals surface area contributed by atoms with E-state index in [4.69, 9.17) is 4.84 Å². The number of oxime groups is 1. The highest BCUT2D eigenvalue weighted by atomic mass is 35.5. The summed E-state index contributed by atoms with van der Waals surface area (Å²) in [5.74, 6) is 2.22. The average Bonchev–Trinajstić information content (AvgIpc) is 2.63. The molecular weight excluding hydrogens is 214 g/mol. The van der Waals surface area contributed by atoms with E-state index in [1.165, 1.54) is 32.5 Å². The van der Waals surface area contributed by atoms with Gasteiger partial charge in [-0.25, -0.2) is 0 Å². The van der Waals surface area contributed by atoms with Crippen LogP contribution in [-0.2, 0) is 4.84 Å². The van der Waals surface area contributed by atoms with E-state index in [0.717, 1.165) is 5.92 Å². The lowest BCUT2D eigenvalue weighted by atomic mass is 9.63. The fourth-order valence-electron chi connectivity index (χ4n) is 4.02. The Morgan fingerprint density at radius 2 is 2.00 bits per heavy atom. The largest absolute Gasteiger partial charge is 0.365 e. The second kappa shape index (κ2) is 3.01. The summed E-state index contributed by atoms with van der Waals surface area (Å²) in [4.78, 5) is 8.25. The number of halogens is 1. The predicted molar refractivity (Wildman–Crippen MR) is 58.8 cm³/mol. The van der Waals surface area contributed by atoms with Gasteiger partial charge in [0.2, 0.25) is 5.72 Å². The SMILES string of the molecule is C1=NOC2(N1)C1CC3CC2CN(C3)C1.Cl. The van der Waals surface area contributed by atoms with E-state index in [1.54, 1.807) is 6.34 Å². The van der Waals surface area contributed by atoms with Gasteiger partial charge in [0.1, 0.15) is 6.34 Å². The van der Waals surface area contributed by atoms with Crippen LogP contribution in [0.2, 0.25) is 0 Å². The minimum absolute atomic E-state index is 0. The molecule has 3 saturated heterocycles. The van der Waals surface area contributed by atoms with Gasteiger partial charge in [-0.2, -0.15) is 0 Å². The molecule has 2 atom stereocenters. The van der Waals surface area contributed by atoms with E-state index < -0.39 is 0 Å². The standard InChI is InChI=1S/C10H15N3O.ClH/c1-7-2-9-5-13(3-7)4-8(1)10(9)11-6-12-14-10;/h6-9H,1-5H2,(H,11,12);1H. The number of rotatable bonds is 0. The zero-order valence-electron chi connectivity index (χ0n) is 8.56. The van der Waals surface area contributed by atoms with Crippen LogP contribution in [0.25, 0.3) is 0 Å². The Morgan fingerprint density at radius 1 is 1.27 bits per heavy atom. The van der Waals surface area contributed by atoms with Crippen LogP contribution in [0, 0.1) is 17.8 Å². The van der Waals surface area contributed by atoms with Crippen molar-refractivity contribution < 1.29 is 4.84 Å². The first-order valence-electron chi connectivity index (χ1n) is 5.57. The molecule has 1 N–H and O–H groups in total. The van der Waals surface area contributed by atoms with Crippen LogP contribution in [0.4, 0.5) is 0 Å². The zero-order valence-corrected chi connectivity index (χ0v) is 9.37. The summed E-state index contributed by atoms with van der Waals surface area (Å²) in [6, 6.07) is 0. The van der Waals surface area contributed by atoms with E-state index in [0.29, 0.717) is 11.8 Å². The minimum Gasteiger partial charge on any atom is -0.365 e. The van der Waals surface area contributed by atoms with Crippen molar-refractivity contribution in [1.29, 1.82) is 0 Å². The van der Waals surface area contributed by atoms with Crippen LogP contribution >= 0.6 is 12.4 Å². The summed E-state index contributed by atoms with van der Waals surface area (Å²) in [6.45, 7) is 3.72. The Morgan fingerprint density at radius 3 is 2.53 bits per heavy atom. The van der Waals surface area contributed by atoms with Gasteiger partial charge in [-0.05, 0) is 18.8 Å². The first-order chi connectivity index (χ1) is 6.87. The predicted octanol–water partition coefficient (Wildman–Crippen LogP) is 0.639. The first kappa shape index (κ1) is 9.73. The number of nitrogens with zero attached hydrogens (tertiary/aromatic N) is 2. The van der Waals surface area contributed by atoms with Crippen molar-refractivity contribution in [3.8, 4) is 0 Å². The van der Waals surface area contributed by atoms with E-state index >= 15 is 0 Å². The van der Waals surface area contributed by atoms with Crippen molar-refractivity contribution in [2.24, 2.45) is 22.9 Å². The molecule has 4 bridgehead atoms. The van der Waals surface area contributed by atoms with Crippen LogP contribution in [0.15, 0.2) is 5.16 Å². The van der Waals surface area contributed by atoms with E-state index in [1.807, 2.05) is 0 Å². The normalized spacial score (nSPS) is 53.9. The van der Waals surface area contributed by atoms with E-state index in [-0.39, 0.29) is 18.1 Å². The lowest BCUT2D eigenvalue weighted by Crippen LogP contribution is -2.70. The molecule has 15 heavy (non-hydrogen) atoms. The molecule has 1 spiro atoms. The molecule has 0 aromatic carbocycles. The molecule has 2 unspecified atom stereocenters. The van der Waals surface area contributed by atoms with Gasteiger partial charge in [-0.15, -0.1) is 12.4 Å².